The maximum absolute atomic E-state index is 12.9. The number of piperazine rings is 1. The molecule has 0 atom stereocenters. The van der Waals surface area contributed by atoms with Gasteiger partial charge in [-0.25, -0.2) is 8.42 Å². The summed E-state index contributed by atoms with van der Waals surface area (Å²) in [5, 5.41) is 3.77. The fourth-order valence-corrected chi connectivity index (χ4v) is 5.06. The van der Waals surface area contributed by atoms with Crippen LogP contribution in [0.15, 0.2) is 27.6 Å². The van der Waals surface area contributed by atoms with Crippen molar-refractivity contribution in [3.63, 3.8) is 0 Å². The molecule has 1 fully saturated rings. The van der Waals surface area contributed by atoms with Crippen molar-refractivity contribution in [2.45, 2.75) is 25.3 Å². The summed E-state index contributed by atoms with van der Waals surface area (Å²) in [4.78, 5) is 2.39. The van der Waals surface area contributed by atoms with Crippen molar-refractivity contribution in [3.8, 4) is 11.5 Å². The van der Waals surface area contributed by atoms with Gasteiger partial charge in [-0.15, -0.1) is 0 Å². The van der Waals surface area contributed by atoms with Crippen LogP contribution in [0.4, 0.5) is 0 Å². The van der Waals surface area contributed by atoms with Crippen molar-refractivity contribution in [1.82, 2.24) is 14.4 Å². The van der Waals surface area contributed by atoms with Crippen LogP contribution >= 0.6 is 0 Å². The van der Waals surface area contributed by atoms with Crippen LogP contribution in [0.3, 0.4) is 0 Å². The second-order valence-electron chi connectivity index (χ2n) is 6.51. The van der Waals surface area contributed by atoms with E-state index in [4.69, 9.17) is 14.0 Å². The molecule has 148 valence electrons. The Labute approximate surface area is 159 Å². The van der Waals surface area contributed by atoms with Gasteiger partial charge in [0.05, 0.1) is 14.2 Å². The highest BCUT2D eigenvalue weighted by molar-refractivity contribution is 7.89. The molecule has 1 aromatic carbocycles. The maximum Gasteiger partial charge on any atom is 0.248 e. The Morgan fingerprint density at radius 3 is 2.37 bits per heavy atom. The molecule has 8 nitrogen and oxygen atoms in total. The first-order valence-electron chi connectivity index (χ1n) is 8.73. The summed E-state index contributed by atoms with van der Waals surface area (Å²) in [6, 6.07) is 5.69. The number of aromatic nitrogens is 1. The molecular formula is C18H25N3O5S. The quantitative estimate of drug-likeness (QED) is 0.737. The monoisotopic (exact) mass is 395 g/mol. The van der Waals surface area contributed by atoms with Crippen molar-refractivity contribution in [2.24, 2.45) is 0 Å². The number of benzene rings is 1. The van der Waals surface area contributed by atoms with Gasteiger partial charge in [0.25, 0.3) is 0 Å². The van der Waals surface area contributed by atoms with E-state index in [1.807, 2.05) is 18.2 Å². The highest BCUT2D eigenvalue weighted by atomic mass is 32.2. The molecule has 1 aliphatic rings. The minimum Gasteiger partial charge on any atom is -0.497 e. The number of ether oxygens (including phenoxy) is 2. The van der Waals surface area contributed by atoms with Gasteiger partial charge in [-0.3, -0.25) is 4.90 Å². The summed E-state index contributed by atoms with van der Waals surface area (Å²) < 4.78 is 43.1. The van der Waals surface area contributed by atoms with E-state index in [0.29, 0.717) is 44.2 Å². The molecule has 9 heteroatoms. The van der Waals surface area contributed by atoms with Crippen molar-refractivity contribution >= 4 is 10.0 Å². The van der Waals surface area contributed by atoms with Crippen LogP contribution < -0.4 is 9.47 Å². The van der Waals surface area contributed by atoms with Crippen LogP contribution in [0.5, 0.6) is 11.5 Å². The molecule has 0 bridgehead atoms. The molecule has 0 amide bonds. The van der Waals surface area contributed by atoms with E-state index in [1.54, 1.807) is 28.1 Å². The predicted molar refractivity (Wildman–Crippen MR) is 99.6 cm³/mol. The lowest BCUT2D eigenvalue weighted by Crippen LogP contribution is -2.48. The number of nitrogens with zero attached hydrogens (tertiary/aromatic N) is 3. The fraction of sp³-hybridized carbons (Fsp3) is 0.500. The van der Waals surface area contributed by atoms with E-state index in [9.17, 15) is 8.42 Å². The van der Waals surface area contributed by atoms with Gasteiger partial charge in [-0.1, -0.05) is 5.16 Å². The summed E-state index contributed by atoms with van der Waals surface area (Å²) in [6.45, 7) is 6.02. The lowest BCUT2D eigenvalue weighted by molar-refractivity contribution is 0.179. The first kappa shape index (κ1) is 19.7. The Morgan fingerprint density at radius 1 is 1.11 bits per heavy atom. The minimum absolute atomic E-state index is 0.186. The lowest BCUT2D eigenvalue weighted by atomic mass is 10.1. The second kappa shape index (κ2) is 7.87. The lowest BCUT2D eigenvalue weighted by Gasteiger charge is -2.34. The topological polar surface area (TPSA) is 85.1 Å². The number of methoxy groups -OCH3 is 2. The molecule has 2 aromatic rings. The molecule has 1 saturated heterocycles. The van der Waals surface area contributed by atoms with E-state index in [-0.39, 0.29) is 4.90 Å². The summed E-state index contributed by atoms with van der Waals surface area (Å²) in [5.74, 6) is 1.89. The third-order valence-electron chi connectivity index (χ3n) is 4.78. The Morgan fingerprint density at radius 2 is 1.81 bits per heavy atom. The highest BCUT2D eigenvalue weighted by Crippen LogP contribution is 2.27. The Bertz CT molecular complexity index is 882. The first-order valence-corrected chi connectivity index (χ1v) is 10.2. The zero-order chi connectivity index (χ0) is 19.6. The highest BCUT2D eigenvalue weighted by Gasteiger charge is 2.33. The molecule has 2 heterocycles. The van der Waals surface area contributed by atoms with Crippen molar-refractivity contribution < 1.29 is 22.4 Å². The Hall–Kier alpha value is -2.10. The van der Waals surface area contributed by atoms with Gasteiger partial charge in [0, 0.05) is 38.3 Å². The Balaban J connectivity index is 1.69. The third kappa shape index (κ3) is 3.95. The Kier molecular flexibility index (Phi) is 5.73. The SMILES string of the molecule is COc1ccc(OC)c(CN2CCN(S(=O)(=O)c3c(C)noc3C)CC2)c1. The first-order chi connectivity index (χ1) is 12.9. The molecule has 0 radical (unpaired) electrons. The van der Waals surface area contributed by atoms with Crippen molar-refractivity contribution in [1.29, 1.82) is 0 Å². The van der Waals surface area contributed by atoms with Crippen LogP contribution in [-0.2, 0) is 16.6 Å². The normalized spacial score (nSPS) is 16.4. The molecule has 1 aliphatic heterocycles. The molecule has 0 aliphatic carbocycles. The molecule has 0 N–H and O–H groups in total. The van der Waals surface area contributed by atoms with Gasteiger partial charge in [0.15, 0.2) is 5.76 Å². The van der Waals surface area contributed by atoms with E-state index in [2.05, 4.69) is 10.1 Å². The minimum atomic E-state index is -3.59. The van der Waals surface area contributed by atoms with Crippen LogP contribution in [0.1, 0.15) is 17.0 Å². The number of rotatable bonds is 6. The van der Waals surface area contributed by atoms with Crippen LogP contribution in [0.25, 0.3) is 0 Å². The zero-order valence-electron chi connectivity index (χ0n) is 16.1. The molecule has 1 aromatic heterocycles. The standard InChI is InChI=1S/C18H25N3O5S/c1-13-18(14(2)26-19-13)27(22,23)21-9-7-20(8-10-21)12-15-11-16(24-3)5-6-17(15)25-4/h5-6,11H,7-10,12H2,1-4H3. The smallest absolute Gasteiger partial charge is 0.248 e. The predicted octanol–water partition coefficient (Wildman–Crippen LogP) is 1.82. The number of hydrogen-bond acceptors (Lipinski definition) is 7. The van der Waals surface area contributed by atoms with E-state index in [0.717, 1.165) is 17.1 Å². The van der Waals surface area contributed by atoms with Crippen LogP contribution in [0, 0.1) is 13.8 Å². The average Bonchev–Trinajstić information content (AvgIpc) is 3.01. The summed E-state index contributed by atoms with van der Waals surface area (Å²) in [5.41, 5.74) is 1.41. The van der Waals surface area contributed by atoms with Gasteiger partial charge in [0.1, 0.15) is 22.1 Å². The molecule has 27 heavy (non-hydrogen) atoms. The number of sulfonamides is 1. The van der Waals surface area contributed by atoms with E-state index >= 15 is 0 Å². The van der Waals surface area contributed by atoms with Gasteiger partial charge < -0.3 is 14.0 Å². The summed E-state index contributed by atoms with van der Waals surface area (Å²) in [6.07, 6.45) is 0. The van der Waals surface area contributed by atoms with Crippen LogP contribution in [-0.4, -0.2) is 63.2 Å². The van der Waals surface area contributed by atoms with Gasteiger partial charge in [0.2, 0.25) is 10.0 Å². The zero-order valence-corrected chi connectivity index (χ0v) is 16.9. The van der Waals surface area contributed by atoms with E-state index in [1.165, 1.54) is 4.31 Å². The summed E-state index contributed by atoms with van der Waals surface area (Å²) >= 11 is 0. The number of aryl methyl sites for hydroxylation is 2. The molecule has 0 unspecified atom stereocenters. The summed E-state index contributed by atoms with van der Waals surface area (Å²) in [7, 11) is -0.327. The van der Waals surface area contributed by atoms with E-state index < -0.39 is 10.0 Å². The fourth-order valence-electron chi connectivity index (χ4n) is 3.35. The largest absolute Gasteiger partial charge is 0.497 e. The average molecular weight is 395 g/mol. The van der Waals surface area contributed by atoms with Gasteiger partial charge >= 0.3 is 0 Å². The molecule has 3 rings (SSSR count). The van der Waals surface area contributed by atoms with Crippen LogP contribution in [0.2, 0.25) is 0 Å². The molecule has 0 saturated carbocycles. The third-order valence-corrected chi connectivity index (χ3v) is 6.92. The van der Waals surface area contributed by atoms with Gasteiger partial charge in [-0.2, -0.15) is 4.31 Å². The van der Waals surface area contributed by atoms with Crippen molar-refractivity contribution in [3.05, 3.63) is 35.2 Å². The van der Waals surface area contributed by atoms with Gasteiger partial charge in [-0.05, 0) is 32.0 Å². The maximum atomic E-state index is 12.9. The number of hydrogen-bond donors (Lipinski definition) is 0. The molecular weight excluding hydrogens is 370 g/mol. The van der Waals surface area contributed by atoms with Crippen molar-refractivity contribution in [2.75, 3.05) is 40.4 Å². The molecule has 0 spiro atoms. The second-order valence-corrected chi connectivity index (χ2v) is 8.39.